The summed E-state index contributed by atoms with van der Waals surface area (Å²) in [6, 6.07) is 26.0. The van der Waals surface area contributed by atoms with Crippen LogP contribution in [-0.4, -0.2) is 85.0 Å². The van der Waals surface area contributed by atoms with Gasteiger partial charge in [-0.05, 0) is 49.1 Å². The van der Waals surface area contributed by atoms with Gasteiger partial charge >= 0.3 is 0 Å². The second-order valence-corrected chi connectivity index (χ2v) is 10.9. The fraction of sp³-hybridized carbons (Fsp3) is 0.394. The van der Waals surface area contributed by atoms with Gasteiger partial charge in [-0.3, -0.25) is 14.5 Å². The summed E-state index contributed by atoms with van der Waals surface area (Å²) < 4.78 is 5.38. The summed E-state index contributed by atoms with van der Waals surface area (Å²) in [5, 5.41) is 3.33. The second kappa shape index (κ2) is 13.1. The first-order valence-corrected chi connectivity index (χ1v) is 14.3. The van der Waals surface area contributed by atoms with Crippen LogP contribution in [0.15, 0.2) is 78.9 Å². The van der Waals surface area contributed by atoms with E-state index in [0.29, 0.717) is 37.4 Å². The van der Waals surface area contributed by atoms with Crippen molar-refractivity contribution < 1.29 is 14.3 Å². The van der Waals surface area contributed by atoms with Gasteiger partial charge in [0.25, 0.3) is 5.91 Å². The third kappa shape index (κ3) is 6.72. The van der Waals surface area contributed by atoms with Crippen molar-refractivity contribution in [3.63, 3.8) is 0 Å². The van der Waals surface area contributed by atoms with Gasteiger partial charge in [0.05, 0.1) is 7.11 Å². The molecule has 0 aliphatic carbocycles. The van der Waals surface area contributed by atoms with Gasteiger partial charge in [0, 0.05) is 57.4 Å². The van der Waals surface area contributed by atoms with Crippen molar-refractivity contribution in [1.29, 1.82) is 0 Å². The number of amides is 2. The number of carbonyl (C=O) groups excluding carboxylic acids is 2. The summed E-state index contributed by atoms with van der Waals surface area (Å²) in [6.45, 7) is 7.13. The first-order chi connectivity index (χ1) is 19.5. The molecule has 2 amide bonds. The fourth-order valence-corrected chi connectivity index (χ4v) is 5.79. The number of methoxy groups -OCH3 is 1. The van der Waals surface area contributed by atoms with Crippen LogP contribution in [-0.2, 0) is 17.8 Å². The number of aryl methyl sites for hydroxylation is 1. The maximum absolute atomic E-state index is 13.9. The van der Waals surface area contributed by atoms with E-state index in [9.17, 15) is 9.59 Å². The number of benzene rings is 3. The molecule has 2 aliphatic rings. The summed E-state index contributed by atoms with van der Waals surface area (Å²) in [4.78, 5) is 34.0. The number of likely N-dealkylation sites (tertiary alicyclic amines) is 1. The Bertz CT molecular complexity index is 1270. The highest BCUT2D eigenvalue weighted by Crippen LogP contribution is 2.28. The number of carbonyl (C=O) groups is 2. The molecule has 3 aromatic carbocycles. The monoisotopic (exact) mass is 540 g/mol. The molecule has 40 heavy (non-hydrogen) atoms. The lowest BCUT2D eigenvalue weighted by atomic mass is 10.1. The molecule has 0 spiro atoms. The number of ether oxygens (including phenoxy) is 1. The highest BCUT2D eigenvalue weighted by Gasteiger charge is 2.43. The van der Waals surface area contributed by atoms with Gasteiger partial charge in [-0.2, -0.15) is 0 Å². The van der Waals surface area contributed by atoms with Crippen molar-refractivity contribution in [3.05, 3.63) is 101 Å². The van der Waals surface area contributed by atoms with Crippen molar-refractivity contribution in [2.45, 2.75) is 38.4 Å². The Balaban J connectivity index is 1.42. The summed E-state index contributed by atoms with van der Waals surface area (Å²) in [5.41, 5.74) is 4.30. The van der Waals surface area contributed by atoms with E-state index < -0.39 is 6.04 Å². The van der Waals surface area contributed by atoms with E-state index in [1.54, 1.807) is 13.2 Å². The molecule has 0 bridgehead atoms. The minimum atomic E-state index is -0.487. The Morgan fingerprint density at radius 2 is 1.70 bits per heavy atom. The lowest BCUT2D eigenvalue weighted by Crippen LogP contribution is -2.53. The molecule has 2 atom stereocenters. The first kappa shape index (κ1) is 27.9. The molecular weight excluding hydrogens is 500 g/mol. The molecule has 1 N–H and O–H groups in total. The molecule has 2 unspecified atom stereocenters. The lowest BCUT2D eigenvalue weighted by Gasteiger charge is -2.32. The fourth-order valence-electron chi connectivity index (χ4n) is 5.79. The van der Waals surface area contributed by atoms with E-state index in [0.717, 1.165) is 32.6 Å². The largest absolute Gasteiger partial charge is 0.497 e. The maximum atomic E-state index is 13.9. The number of hydrogen-bond acceptors (Lipinski definition) is 5. The van der Waals surface area contributed by atoms with Gasteiger partial charge in [-0.15, -0.1) is 0 Å². The molecule has 0 radical (unpaired) electrons. The second-order valence-electron chi connectivity index (χ2n) is 10.9. The Hall–Kier alpha value is -3.68. The van der Waals surface area contributed by atoms with Crippen LogP contribution < -0.4 is 10.1 Å². The molecule has 5 rings (SSSR count). The zero-order chi connectivity index (χ0) is 27.9. The number of rotatable bonds is 9. The predicted molar refractivity (Wildman–Crippen MR) is 157 cm³/mol. The summed E-state index contributed by atoms with van der Waals surface area (Å²) in [5.74, 6) is 0.572. The third-order valence-electron chi connectivity index (χ3n) is 8.12. The highest BCUT2D eigenvalue weighted by atomic mass is 16.5. The van der Waals surface area contributed by atoms with Gasteiger partial charge in [0.1, 0.15) is 11.8 Å². The molecule has 2 saturated heterocycles. The van der Waals surface area contributed by atoms with Crippen LogP contribution in [0.4, 0.5) is 0 Å². The number of nitrogens with zero attached hydrogens (tertiary/aromatic N) is 3. The predicted octanol–water partition coefficient (Wildman–Crippen LogP) is 3.76. The highest BCUT2D eigenvalue weighted by molar-refractivity contribution is 5.98. The zero-order valence-corrected chi connectivity index (χ0v) is 23.6. The summed E-state index contributed by atoms with van der Waals surface area (Å²) >= 11 is 0. The molecular formula is C33H40N4O3. The van der Waals surface area contributed by atoms with E-state index in [2.05, 4.69) is 65.7 Å². The van der Waals surface area contributed by atoms with E-state index in [-0.39, 0.29) is 17.9 Å². The number of hydrogen-bond donors (Lipinski definition) is 1. The third-order valence-corrected chi connectivity index (χ3v) is 8.12. The van der Waals surface area contributed by atoms with Crippen LogP contribution in [0, 0.1) is 6.92 Å². The standard InChI is InChI=1S/C33H40N4O3/c1-25-11-13-27(14-12-25)23-36(18-15-26-7-4-3-5-8-26)29-22-31(33(39)35-19-16-34-17-20-35)37(24-29)32(38)28-9-6-10-30(21-28)40-2/h3-14,21,29,31,34H,15-20,22-24H2,1-2H3. The maximum Gasteiger partial charge on any atom is 0.254 e. The van der Waals surface area contributed by atoms with Gasteiger partial charge < -0.3 is 19.9 Å². The van der Waals surface area contributed by atoms with Crippen molar-refractivity contribution in [3.8, 4) is 5.75 Å². The van der Waals surface area contributed by atoms with Crippen LogP contribution in [0.25, 0.3) is 0 Å². The topological polar surface area (TPSA) is 65.1 Å². The average molecular weight is 541 g/mol. The normalized spacial score (nSPS) is 19.2. The molecule has 0 aromatic heterocycles. The molecule has 2 fully saturated rings. The zero-order valence-electron chi connectivity index (χ0n) is 23.6. The van der Waals surface area contributed by atoms with E-state index in [1.807, 2.05) is 34.1 Å². The van der Waals surface area contributed by atoms with Crippen LogP contribution in [0.2, 0.25) is 0 Å². The Kier molecular flexibility index (Phi) is 9.14. The number of nitrogens with one attached hydrogen (secondary N) is 1. The van der Waals surface area contributed by atoms with Gasteiger partial charge in [-0.1, -0.05) is 66.2 Å². The van der Waals surface area contributed by atoms with E-state index >= 15 is 0 Å². The summed E-state index contributed by atoms with van der Waals surface area (Å²) in [7, 11) is 1.60. The molecule has 2 aliphatic heterocycles. The quantitative estimate of drug-likeness (QED) is 0.448. The smallest absolute Gasteiger partial charge is 0.254 e. The number of piperazine rings is 1. The summed E-state index contributed by atoms with van der Waals surface area (Å²) in [6.07, 6.45) is 1.53. The van der Waals surface area contributed by atoms with Crippen molar-refractivity contribution in [2.24, 2.45) is 0 Å². The molecule has 3 aromatic rings. The molecule has 2 heterocycles. The van der Waals surface area contributed by atoms with Crippen LogP contribution in [0.3, 0.4) is 0 Å². The van der Waals surface area contributed by atoms with Gasteiger partial charge in [0.2, 0.25) is 5.91 Å². The lowest BCUT2D eigenvalue weighted by molar-refractivity contribution is -0.135. The van der Waals surface area contributed by atoms with Crippen molar-refractivity contribution in [2.75, 3.05) is 46.4 Å². The molecule has 7 nitrogen and oxygen atoms in total. The minimum absolute atomic E-state index is 0.0543. The molecule has 7 heteroatoms. The Labute approximate surface area is 237 Å². The van der Waals surface area contributed by atoms with Crippen LogP contribution in [0.5, 0.6) is 5.75 Å². The minimum Gasteiger partial charge on any atom is -0.497 e. The SMILES string of the molecule is COc1cccc(C(=O)N2CC(N(CCc3ccccc3)Cc3ccc(C)cc3)CC2C(=O)N2CCNCC2)c1. The van der Waals surface area contributed by atoms with Crippen LogP contribution >= 0.6 is 0 Å². The van der Waals surface area contributed by atoms with Gasteiger partial charge in [0.15, 0.2) is 0 Å². The Morgan fingerprint density at radius 3 is 2.42 bits per heavy atom. The van der Waals surface area contributed by atoms with E-state index in [4.69, 9.17) is 4.74 Å². The van der Waals surface area contributed by atoms with E-state index in [1.165, 1.54) is 16.7 Å². The van der Waals surface area contributed by atoms with Crippen molar-refractivity contribution in [1.82, 2.24) is 20.0 Å². The average Bonchev–Trinajstić information content (AvgIpc) is 3.46. The first-order valence-electron chi connectivity index (χ1n) is 14.3. The van der Waals surface area contributed by atoms with Crippen molar-refractivity contribution >= 4 is 11.8 Å². The molecule has 0 saturated carbocycles. The van der Waals surface area contributed by atoms with Crippen LogP contribution in [0.1, 0.15) is 33.5 Å². The van der Waals surface area contributed by atoms with Gasteiger partial charge in [-0.25, -0.2) is 0 Å². The molecule has 210 valence electrons. The Morgan fingerprint density at radius 1 is 0.950 bits per heavy atom.